The van der Waals surface area contributed by atoms with Crippen molar-refractivity contribution in [1.82, 2.24) is 14.3 Å². The van der Waals surface area contributed by atoms with Crippen molar-refractivity contribution in [3.05, 3.63) is 24.4 Å². The van der Waals surface area contributed by atoms with E-state index in [2.05, 4.69) is 21.3 Å². The molecular formula is C20H27N5O3S. The highest BCUT2D eigenvalue weighted by molar-refractivity contribution is 7.88. The van der Waals surface area contributed by atoms with Crippen molar-refractivity contribution < 1.29 is 13.5 Å². The summed E-state index contributed by atoms with van der Waals surface area (Å²) in [6.45, 7) is 2.99. The smallest absolute Gasteiger partial charge is 0.223 e. The molecule has 2 saturated heterocycles. The fraction of sp³-hybridized carbons (Fsp3) is 0.600. The molecule has 0 bridgehead atoms. The highest BCUT2D eigenvalue weighted by Crippen LogP contribution is 2.50. The van der Waals surface area contributed by atoms with E-state index in [0.717, 1.165) is 55.4 Å². The number of anilines is 2. The van der Waals surface area contributed by atoms with E-state index in [4.69, 9.17) is 4.98 Å². The zero-order valence-electron chi connectivity index (χ0n) is 16.6. The van der Waals surface area contributed by atoms with Crippen LogP contribution in [0.5, 0.6) is 0 Å². The Balaban J connectivity index is 1.30. The van der Waals surface area contributed by atoms with Gasteiger partial charge in [-0.3, -0.25) is 0 Å². The van der Waals surface area contributed by atoms with Crippen LogP contribution in [0, 0.1) is 5.41 Å². The number of piperidine rings is 1. The number of nitrogens with zero attached hydrogens (tertiary/aromatic N) is 4. The van der Waals surface area contributed by atoms with Crippen LogP contribution in [0.2, 0.25) is 0 Å². The number of sulfonamides is 1. The van der Waals surface area contributed by atoms with Gasteiger partial charge in [-0.05, 0) is 31.7 Å². The van der Waals surface area contributed by atoms with Crippen LogP contribution in [-0.2, 0) is 10.0 Å². The molecule has 3 heterocycles. The predicted octanol–water partition coefficient (Wildman–Crippen LogP) is 1.43. The Labute approximate surface area is 171 Å². The van der Waals surface area contributed by atoms with E-state index in [9.17, 15) is 13.5 Å². The maximum absolute atomic E-state index is 11.7. The Kier molecular flexibility index (Phi) is 4.45. The molecule has 2 N–H and O–H groups in total. The number of aromatic nitrogens is 2. The number of rotatable bonds is 4. The molecule has 2 aliphatic heterocycles. The van der Waals surface area contributed by atoms with Crippen LogP contribution in [-0.4, -0.2) is 72.4 Å². The predicted molar refractivity (Wildman–Crippen MR) is 112 cm³/mol. The molecule has 0 unspecified atom stereocenters. The molecule has 3 aliphatic rings. The lowest BCUT2D eigenvalue weighted by atomic mass is 9.62. The van der Waals surface area contributed by atoms with Crippen molar-refractivity contribution in [3.63, 3.8) is 0 Å². The van der Waals surface area contributed by atoms with Gasteiger partial charge in [-0.25, -0.2) is 22.7 Å². The minimum atomic E-state index is -3.12. The van der Waals surface area contributed by atoms with E-state index < -0.39 is 10.0 Å². The average molecular weight is 418 g/mol. The summed E-state index contributed by atoms with van der Waals surface area (Å²) in [6.07, 6.45) is 6.28. The fourth-order valence-corrected chi connectivity index (χ4v) is 5.89. The standard InChI is InChI=1S/C20H27N5O3S/c1-29(27,28)25-7-5-15(6-8-25)22-19-21-11-14-3-2-4-17(18(14)23-19)24-12-20(13-24)9-16(26)10-20/h2-4,11,15-16,26H,5-10,12-13H2,1H3,(H,21,22,23). The fourth-order valence-electron chi connectivity index (χ4n) is 5.01. The first kappa shape index (κ1) is 19.0. The Morgan fingerprint density at radius 2 is 1.93 bits per heavy atom. The normalized spacial score (nSPS) is 23.2. The van der Waals surface area contributed by atoms with Gasteiger partial charge < -0.3 is 15.3 Å². The third-order valence-corrected chi connectivity index (χ3v) is 7.88. The Morgan fingerprint density at radius 3 is 2.59 bits per heavy atom. The molecule has 29 heavy (non-hydrogen) atoms. The number of aliphatic hydroxyl groups is 1. The van der Waals surface area contributed by atoms with Crippen LogP contribution in [0.4, 0.5) is 11.6 Å². The molecule has 3 fully saturated rings. The van der Waals surface area contributed by atoms with Crippen molar-refractivity contribution in [3.8, 4) is 0 Å². The molecule has 1 aromatic heterocycles. The molecule has 156 valence electrons. The molecule has 8 nitrogen and oxygen atoms in total. The lowest BCUT2D eigenvalue weighted by molar-refractivity contribution is -0.0490. The maximum Gasteiger partial charge on any atom is 0.223 e. The highest BCUT2D eigenvalue weighted by atomic mass is 32.2. The van der Waals surface area contributed by atoms with Crippen molar-refractivity contribution in [2.75, 3.05) is 42.7 Å². The molecule has 0 radical (unpaired) electrons. The van der Waals surface area contributed by atoms with E-state index >= 15 is 0 Å². The summed E-state index contributed by atoms with van der Waals surface area (Å²) in [7, 11) is -3.12. The van der Waals surface area contributed by atoms with Gasteiger partial charge in [0.1, 0.15) is 0 Å². The molecule has 1 saturated carbocycles. The Morgan fingerprint density at radius 1 is 1.21 bits per heavy atom. The third kappa shape index (κ3) is 3.55. The van der Waals surface area contributed by atoms with Crippen LogP contribution >= 0.6 is 0 Å². The van der Waals surface area contributed by atoms with E-state index in [1.54, 1.807) is 0 Å². The van der Waals surface area contributed by atoms with E-state index in [0.29, 0.717) is 24.5 Å². The van der Waals surface area contributed by atoms with Crippen LogP contribution in [0.1, 0.15) is 25.7 Å². The van der Waals surface area contributed by atoms with Crippen LogP contribution in [0.3, 0.4) is 0 Å². The van der Waals surface area contributed by atoms with Crippen LogP contribution in [0.15, 0.2) is 24.4 Å². The van der Waals surface area contributed by atoms with Crippen molar-refractivity contribution in [1.29, 1.82) is 0 Å². The van der Waals surface area contributed by atoms with Crippen molar-refractivity contribution >= 4 is 32.6 Å². The number of fused-ring (bicyclic) bond motifs is 1. The molecule has 1 spiro atoms. The van der Waals surface area contributed by atoms with Gasteiger partial charge in [0, 0.05) is 49.2 Å². The Bertz CT molecular complexity index is 1020. The topological polar surface area (TPSA) is 98.7 Å². The van der Waals surface area contributed by atoms with Gasteiger partial charge in [0.25, 0.3) is 0 Å². The van der Waals surface area contributed by atoms with E-state index in [1.165, 1.54) is 10.6 Å². The van der Waals surface area contributed by atoms with Gasteiger partial charge in [-0.1, -0.05) is 12.1 Å². The van der Waals surface area contributed by atoms with Gasteiger partial charge in [-0.2, -0.15) is 0 Å². The highest BCUT2D eigenvalue weighted by Gasteiger charge is 2.52. The maximum atomic E-state index is 11.7. The lowest BCUT2D eigenvalue weighted by Gasteiger charge is -2.58. The number of aliphatic hydroxyl groups excluding tert-OH is 1. The van der Waals surface area contributed by atoms with Gasteiger partial charge in [0.2, 0.25) is 16.0 Å². The number of hydrogen-bond acceptors (Lipinski definition) is 7. The summed E-state index contributed by atoms with van der Waals surface area (Å²) in [5.74, 6) is 0.594. The average Bonchev–Trinajstić information content (AvgIpc) is 2.63. The second-order valence-corrected chi connectivity index (χ2v) is 10.9. The number of nitrogens with one attached hydrogen (secondary N) is 1. The first-order valence-corrected chi connectivity index (χ1v) is 12.1. The summed E-state index contributed by atoms with van der Waals surface area (Å²) in [5, 5.41) is 14.1. The third-order valence-electron chi connectivity index (χ3n) is 6.58. The van der Waals surface area contributed by atoms with Crippen LogP contribution < -0.4 is 10.2 Å². The second kappa shape index (κ2) is 6.78. The van der Waals surface area contributed by atoms with E-state index in [1.807, 2.05) is 18.3 Å². The number of hydrogen-bond donors (Lipinski definition) is 2. The SMILES string of the molecule is CS(=O)(=O)N1CCC(Nc2ncc3cccc(N4CC5(CC(O)C5)C4)c3n2)CC1. The summed E-state index contributed by atoms with van der Waals surface area (Å²) >= 11 is 0. The second-order valence-electron chi connectivity index (χ2n) is 8.91. The van der Waals surface area contributed by atoms with Gasteiger partial charge in [0.05, 0.1) is 23.6 Å². The van der Waals surface area contributed by atoms with Crippen molar-refractivity contribution in [2.24, 2.45) is 5.41 Å². The summed E-state index contributed by atoms with van der Waals surface area (Å²) in [4.78, 5) is 11.6. The first-order chi connectivity index (χ1) is 13.8. The van der Waals surface area contributed by atoms with E-state index in [-0.39, 0.29) is 12.1 Å². The van der Waals surface area contributed by atoms with Crippen LogP contribution in [0.25, 0.3) is 10.9 Å². The minimum absolute atomic E-state index is 0.128. The quantitative estimate of drug-likeness (QED) is 0.776. The monoisotopic (exact) mass is 417 g/mol. The molecule has 9 heteroatoms. The minimum Gasteiger partial charge on any atom is -0.393 e. The molecule has 0 atom stereocenters. The molecule has 1 aromatic carbocycles. The van der Waals surface area contributed by atoms with Gasteiger partial charge in [-0.15, -0.1) is 0 Å². The largest absolute Gasteiger partial charge is 0.393 e. The van der Waals surface area contributed by atoms with Crippen molar-refractivity contribution in [2.45, 2.75) is 37.8 Å². The first-order valence-electron chi connectivity index (χ1n) is 10.2. The lowest BCUT2D eigenvalue weighted by Crippen LogP contribution is -2.63. The Hall–Kier alpha value is -1.97. The zero-order chi connectivity index (χ0) is 20.2. The number of para-hydroxylation sites is 1. The van der Waals surface area contributed by atoms with Gasteiger partial charge >= 0.3 is 0 Å². The molecule has 5 rings (SSSR count). The summed E-state index contributed by atoms with van der Waals surface area (Å²) in [5.41, 5.74) is 2.35. The summed E-state index contributed by atoms with van der Waals surface area (Å²) in [6, 6.07) is 6.33. The molecule has 1 aliphatic carbocycles. The molecular weight excluding hydrogens is 390 g/mol. The summed E-state index contributed by atoms with van der Waals surface area (Å²) < 4.78 is 24.9. The molecule has 2 aromatic rings. The zero-order valence-corrected chi connectivity index (χ0v) is 17.4. The van der Waals surface area contributed by atoms with Gasteiger partial charge in [0.15, 0.2) is 0 Å². The number of benzene rings is 1. The molecule has 0 amide bonds.